The molecule has 1 amide bonds. The Morgan fingerprint density at radius 2 is 1.71 bits per heavy atom. The summed E-state index contributed by atoms with van der Waals surface area (Å²) in [7, 11) is -3.58. The molecule has 1 aromatic heterocycles. The maximum Gasteiger partial charge on any atom is 0.434 e. The summed E-state index contributed by atoms with van der Waals surface area (Å²) in [6.45, 7) is 3.44. The standard InChI is InChI=1S/C20H19F3N4O3S/c1-12-4-8-15(9-5-12)27-18(20(21,22)23)16(11-24-27)19(28)25-14-7-6-13(2)17(10-14)26-31(3,29)30/h4-11,26H,1-3H3,(H,25,28). The van der Waals surface area contributed by atoms with E-state index >= 15 is 0 Å². The predicted octanol–water partition coefficient (Wildman–Crippen LogP) is 4.13. The van der Waals surface area contributed by atoms with Gasteiger partial charge in [-0.15, -0.1) is 0 Å². The second kappa shape index (κ2) is 8.06. The summed E-state index contributed by atoms with van der Waals surface area (Å²) in [5, 5.41) is 6.14. The molecule has 0 spiro atoms. The largest absolute Gasteiger partial charge is 0.434 e. The number of aryl methyl sites for hydroxylation is 2. The Morgan fingerprint density at radius 1 is 1.06 bits per heavy atom. The number of halogens is 3. The monoisotopic (exact) mass is 452 g/mol. The average molecular weight is 452 g/mol. The van der Waals surface area contributed by atoms with Crippen LogP contribution < -0.4 is 10.0 Å². The zero-order valence-corrected chi connectivity index (χ0v) is 17.6. The van der Waals surface area contributed by atoms with Gasteiger partial charge in [0.15, 0.2) is 5.69 Å². The van der Waals surface area contributed by atoms with E-state index in [-0.39, 0.29) is 17.1 Å². The number of nitrogens with one attached hydrogen (secondary N) is 2. The van der Waals surface area contributed by atoms with E-state index in [0.717, 1.165) is 18.0 Å². The first-order valence-electron chi connectivity index (χ1n) is 8.97. The van der Waals surface area contributed by atoms with Crippen LogP contribution in [0, 0.1) is 13.8 Å². The minimum absolute atomic E-state index is 0.123. The number of nitrogens with zero attached hydrogens (tertiary/aromatic N) is 2. The van der Waals surface area contributed by atoms with Crippen molar-refractivity contribution in [2.75, 3.05) is 16.3 Å². The van der Waals surface area contributed by atoms with Crippen LogP contribution in [0.25, 0.3) is 5.69 Å². The van der Waals surface area contributed by atoms with Crippen molar-refractivity contribution in [3.8, 4) is 5.69 Å². The van der Waals surface area contributed by atoms with E-state index < -0.39 is 33.4 Å². The minimum atomic E-state index is -4.84. The van der Waals surface area contributed by atoms with Gasteiger partial charge >= 0.3 is 6.18 Å². The van der Waals surface area contributed by atoms with Crippen LogP contribution in [0.2, 0.25) is 0 Å². The zero-order valence-electron chi connectivity index (χ0n) is 16.8. The normalized spacial score (nSPS) is 11.9. The lowest BCUT2D eigenvalue weighted by Crippen LogP contribution is -2.21. The molecular formula is C20H19F3N4O3S. The van der Waals surface area contributed by atoms with E-state index in [0.29, 0.717) is 10.2 Å². The summed E-state index contributed by atoms with van der Waals surface area (Å²) in [5.41, 5.74) is 0.0465. The van der Waals surface area contributed by atoms with E-state index in [1.54, 1.807) is 26.0 Å². The number of rotatable bonds is 5. The Hall–Kier alpha value is -3.34. The lowest BCUT2D eigenvalue weighted by molar-refractivity contribution is -0.143. The van der Waals surface area contributed by atoms with Crippen molar-refractivity contribution in [2.24, 2.45) is 0 Å². The Balaban J connectivity index is 1.97. The number of benzene rings is 2. The zero-order chi connectivity index (χ0) is 23.0. The van der Waals surface area contributed by atoms with Crippen LogP contribution in [0.5, 0.6) is 0 Å². The number of sulfonamides is 1. The molecule has 0 aliphatic rings. The highest BCUT2D eigenvalue weighted by Gasteiger charge is 2.40. The molecule has 11 heteroatoms. The lowest BCUT2D eigenvalue weighted by Gasteiger charge is -2.14. The molecule has 0 aliphatic heterocycles. The molecule has 0 aliphatic carbocycles. The molecule has 2 aromatic carbocycles. The molecular weight excluding hydrogens is 433 g/mol. The second-order valence-electron chi connectivity index (χ2n) is 7.01. The molecule has 7 nitrogen and oxygen atoms in total. The molecule has 31 heavy (non-hydrogen) atoms. The molecule has 164 valence electrons. The minimum Gasteiger partial charge on any atom is -0.322 e. The van der Waals surface area contributed by atoms with Crippen molar-refractivity contribution in [3.05, 3.63) is 71.0 Å². The van der Waals surface area contributed by atoms with Crippen molar-refractivity contribution in [1.29, 1.82) is 0 Å². The van der Waals surface area contributed by atoms with Gasteiger partial charge < -0.3 is 5.32 Å². The van der Waals surface area contributed by atoms with Gasteiger partial charge in [0.05, 0.1) is 29.4 Å². The first-order chi connectivity index (χ1) is 14.3. The van der Waals surface area contributed by atoms with Gasteiger partial charge in [-0.05, 0) is 43.7 Å². The van der Waals surface area contributed by atoms with Crippen LogP contribution in [-0.2, 0) is 16.2 Å². The lowest BCUT2D eigenvalue weighted by atomic mass is 10.1. The van der Waals surface area contributed by atoms with Crippen molar-refractivity contribution >= 4 is 27.3 Å². The van der Waals surface area contributed by atoms with Crippen LogP contribution in [0.15, 0.2) is 48.7 Å². The number of hydrogen-bond donors (Lipinski definition) is 2. The first kappa shape index (κ1) is 22.3. The van der Waals surface area contributed by atoms with Gasteiger partial charge in [-0.2, -0.15) is 18.3 Å². The highest BCUT2D eigenvalue weighted by atomic mass is 32.2. The Kier molecular flexibility index (Phi) is 5.81. The summed E-state index contributed by atoms with van der Waals surface area (Å²) < 4.78 is 67.3. The number of amides is 1. The molecule has 0 fully saturated rings. The topological polar surface area (TPSA) is 93.1 Å². The summed E-state index contributed by atoms with van der Waals surface area (Å²) in [5.74, 6) is -1.03. The number of aromatic nitrogens is 2. The maximum absolute atomic E-state index is 13.8. The van der Waals surface area contributed by atoms with Crippen LogP contribution in [-0.4, -0.2) is 30.4 Å². The van der Waals surface area contributed by atoms with Crippen molar-refractivity contribution in [1.82, 2.24) is 9.78 Å². The third-order valence-electron chi connectivity index (χ3n) is 4.35. The molecule has 1 heterocycles. The quantitative estimate of drug-likeness (QED) is 0.609. The van der Waals surface area contributed by atoms with Crippen LogP contribution in [0.1, 0.15) is 27.2 Å². The molecule has 0 radical (unpaired) electrons. The SMILES string of the molecule is Cc1ccc(-n2ncc(C(=O)Nc3ccc(C)c(NS(C)(=O)=O)c3)c2C(F)(F)F)cc1. The van der Waals surface area contributed by atoms with E-state index in [2.05, 4.69) is 15.1 Å². The highest BCUT2D eigenvalue weighted by Crippen LogP contribution is 2.34. The number of carbonyl (C=O) groups is 1. The van der Waals surface area contributed by atoms with Gasteiger partial charge in [-0.1, -0.05) is 23.8 Å². The molecule has 3 rings (SSSR count). The van der Waals surface area contributed by atoms with Gasteiger partial charge in [0.2, 0.25) is 10.0 Å². The van der Waals surface area contributed by atoms with Crippen LogP contribution in [0.3, 0.4) is 0 Å². The summed E-state index contributed by atoms with van der Waals surface area (Å²) in [6.07, 6.45) is -3.03. The number of anilines is 2. The number of hydrogen-bond acceptors (Lipinski definition) is 4. The van der Waals surface area contributed by atoms with Crippen LogP contribution >= 0.6 is 0 Å². The smallest absolute Gasteiger partial charge is 0.322 e. The van der Waals surface area contributed by atoms with Crippen molar-refractivity contribution in [3.63, 3.8) is 0 Å². The van der Waals surface area contributed by atoms with Gasteiger partial charge in [0.1, 0.15) is 0 Å². The summed E-state index contributed by atoms with van der Waals surface area (Å²) >= 11 is 0. The highest BCUT2D eigenvalue weighted by molar-refractivity contribution is 7.92. The third kappa shape index (κ3) is 5.23. The van der Waals surface area contributed by atoms with E-state index in [1.165, 1.54) is 30.3 Å². The molecule has 0 saturated heterocycles. The van der Waals surface area contributed by atoms with Crippen LogP contribution in [0.4, 0.5) is 24.5 Å². The van der Waals surface area contributed by atoms with Gasteiger partial charge in [0, 0.05) is 5.69 Å². The molecule has 0 bridgehead atoms. The van der Waals surface area contributed by atoms with E-state index in [1.807, 2.05) is 0 Å². The molecule has 0 atom stereocenters. The fourth-order valence-corrected chi connectivity index (χ4v) is 3.50. The van der Waals surface area contributed by atoms with Crippen molar-refractivity contribution < 1.29 is 26.4 Å². The van der Waals surface area contributed by atoms with Gasteiger partial charge in [-0.25, -0.2) is 13.1 Å². The fraction of sp³-hybridized carbons (Fsp3) is 0.200. The second-order valence-corrected chi connectivity index (χ2v) is 8.76. The molecule has 3 aromatic rings. The maximum atomic E-state index is 13.8. The number of alkyl halides is 3. The first-order valence-corrected chi connectivity index (χ1v) is 10.9. The fourth-order valence-electron chi connectivity index (χ4n) is 2.88. The molecule has 0 saturated carbocycles. The third-order valence-corrected chi connectivity index (χ3v) is 4.94. The summed E-state index contributed by atoms with van der Waals surface area (Å²) in [4.78, 5) is 12.7. The molecule has 0 unspecified atom stereocenters. The average Bonchev–Trinajstić information content (AvgIpc) is 3.09. The van der Waals surface area contributed by atoms with Crippen molar-refractivity contribution in [2.45, 2.75) is 20.0 Å². The Labute approximate surface area is 176 Å². The van der Waals surface area contributed by atoms with E-state index in [9.17, 15) is 26.4 Å². The molecule has 2 N–H and O–H groups in total. The Morgan fingerprint density at radius 3 is 2.29 bits per heavy atom. The predicted molar refractivity (Wildman–Crippen MR) is 111 cm³/mol. The Bertz CT molecular complexity index is 1230. The van der Waals surface area contributed by atoms with E-state index in [4.69, 9.17) is 0 Å². The summed E-state index contributed by atoms with van der Waals surface area (Å²) in [6, 6.07) is 10.5. The van der Waals surface area contributed by atoms with Gasteiger partial charge in [-0.3, -0.25) is 9.52 Å². The van der Waals surface area contributed by atoms with Gasteiger partial charge in [0.25, 0.3) is 5.91 Å². The number of carbonyl (C=O) groups excluding carboxylic acids is 1.